The third kappa shape index (κ3) is 3.91. The normalized spacial score (nSPS) is 12.0. The maximum Gasteiger partial charge on any atom is 0.251 e. The molecule has 0 aliphatic rings. The fraction of sp³-hybridized carbons (Fsp3) is 0.182. The van der Waals surface area contributed by atoms with Crippen molar-refractivity contribution in [3.63, 3.8) is 0 Å². The number of carbonyl (C=O) groups excluding carboxylic acids is 1. The number of nitrogens with zero attached hydrogens (tertiary/aromatic N) is 1. The van der Waals surface area contributed by atoms with Gasteiger partial charge in [-0.3, -0.25) is 9.59 Å². The van der Waals surface area contributed by atoms with Gasteiger partial charge in [0.2, 0.25) is 0 Å². The summed E-state index contributed by atoms with van der Waals surface area (Å²) < 4.78 is 1.44. The van der Waals surface area contributed by atoms with E-state index in [1.807, 2.05) is 43.3 Å². The highest BCUT2D eigenvalue weighted by Gasteiger charge is 2.23. The zero-order valence-electron chi connectivity index (χ0n) is 14.9. The molecule has 1 N–H and O–H groups in total. The lowest BCUT2D eigenvalue weighted by molar-refractivity contribution is 0.0936. The third-order valence-electron chi connectivity index (χ3n) is 4.54. The SMILES string of the molecule is C[C@H](NC(=O)c1ccn(C)c(=O)c1)C(c1ccccc1)c1ccccc1. The lowest BCUT2D eigenvalue weighted by Crippen LogP contribution is -2.38. The lowest BCUT2D eigenvalue weighted by Gasteiger charge is -2.26. The van der Waals surface area contributed by atoms with Gasteiger partial charge in [-0.25, -0.2) is 0 Å². The second-order valence-electron chi connectivity index (χ2n) is 6.43. The Balaban J connectivity index is 1.88. The van der Waals surface area contributed by atoms with Crippen LogP contribution in [0.15, 0.2) is 83.8 Å². The number of nitrogens with one attached hydrogen (secondary N) is 1. The Morgan fingerprint density at radius 1 is 0.923 bits per heavy atom. The molecule has 0 bridgehead atoms. The van der Waals surface area contributed by atoms with E-state index in [4.69, 9.17) is 0 Å². The van der Waals surface area contributed by atoms with E-state index in [-0.39, 0.29) is 23.4 Å². The van der Waals surface area contributed by atoms with E-state index in [0.717, 1.165) is 11.1 Å². The lowest BCUT2D eigenvalue weighted by atomic mass is 9.85. The van der Waals surface area contributed by atoms with Gasteiger partial charge in [-0.2, -0.15) is 0 Å². The van der Waals surface area contributed by atoms with Crippen molar-refractivity contribution in [2.45, 2.75) is 18.9 Å². The van der Waals surface area contributed by atoms with Gasteiger partial charge in [0.25, 0.3) is 11.5 Å². The minimum Gasteiger partial charge on any atom is -0.349 e. The highest BCUT2D eigenvalue weighted by atomic mass is 16.2. The van der Waals surface area contributed by atoms with Gasteiger partial charge in [0.05, 0.1) is 0 Å². The highest BCUT2D eigenvalue weighted by Crippen LogP contribution is 2.28. The largest absolute Gasteiger partial charge is 0.349 e. The predicted molar refractivity (Wildman–Crippen MR) is 103 cm³/mol. The van der Waals surface area contributed by atoms with Gasteiger partial charge in [0.15, 0.2) is 0 Å². The Morgan fingerprint density at radius 2 is 1.46 bits per heavy atom. The number of aryl methyl sites for hydroxylation is 1. The van der Waals surface area contributed by atoms with E-state index < -0.39 is 0 Å². The van der Waals surface area contributed by atoms with Crippen molar-refractivity contribution in [1.29, 1.82) is 0 Å². The molecule has 1 atom stereocenters. The number of aromatic nitrogens is 1. The molecule has 0 aliphatic carbocycles. The molecule has 26 heavy (non-hydrogen) atoms. The van der Waals surface area contributed by atoms with E-state index in [1.54, 1.807) is 19.3 Å². The zero-order valence-corrected chi connectivity index (χ0v) is 14.9. The molecule has 4 heteroatoms. The van der Waals surface area contributed by atoms with Crippen LogP contribution in [0.25, 0.3) is 0 Å². The van der Waals surface area contributed by atoms with E-state index in [0.29, 0.717) is 5.56 Å². The molecule has 0 saturated heterocycles. The molecule has 0 aliphatic heterocycles. The summed E-state index contributed by atoms with van der Waals surface area (Å²) >= 11 is 0. The Hall–Kier alpha value is -3.14. The first kappa shape index (κ1) is 17.7. The third-order valence-corrected chi connectivity index (χ3v) is 4.54. The molecule has 132 valence electrons. The number of pyridine rings is 1. The summed E-state index contributed by atoms with van der Waals surface area (Å²) in [5.41, 5.74) is 2.44. The van der Waals surface area contributed by atoms with E-state index in [2.05, 4.69) is 29.6 Å². The van der Waals surface area contributed by atoms with Crippen molar-refractivity contribution >= 4 is 5.91 Å². The molecule has 0 saturated carbocycles. The minimum absolute atomic E-state index is 0.0212. The monoisotopic (exact) mass is 346 g/mol. The van der Waals surface area contributed by atoms with Gasteiger partial charge in [0.1, 0.15) is 0 Å². The second-order valence-corrected chi connectivity index (χ2v) is 6.43. The second kappa shape index (κ2) is 7.83. The average Bonchev–Trinajstić information content (AvgIpc) is 2.66. The van der Waals surface area contributed by atoms with Crippen molar-refractivity contribution < 1.29 is 4.79 Å². The molecule has 1 amide bonds. The quantitative estimate of drug-likeness (QED) is 0.770. The molecule has 1 aromatic heterocycles. The Morgan fingerprint density at radius 3 is 1.96 bits per heavy atom. The molecule has 3 aromatic rings. The number of hydrogen-bond acceptors (Lipinski definition) is 2. The number of benzene rings is 2. The summed E-state index contributed by atoms with van der Waals surface area (Å²) in [5.74, 6) is -0.222. The topological polar surface area (TPSA) is 51.1 Å². The fourth-order valence-corrected chi connectivity index (χ4v) is 3.15. The summed E-state index contributed by atoms with van der Waals surface area (Å²) in [6.45, 7) is 1.99. The standard InChI is InChI=1S/C22H22N2O2/c1-16(23-22(26)19-13-14-24(2)20(25)15-19)21(17-9-5-3-6-10-17)18-11-7-4-8-12-18/h3-16,21H,1-2H3,(H,23,26)/t16-/m0/s1. The molecule has 1 heterocycles. The number of rotatable bonds is 5. The van der Waals surface area contributed by atoms with Crippen LogP contribution in [0.3, 0.4) is 0 Å². The van der Waals surface area contributed by atoms with Crippen molar-refractivity contribution in [2.75, 3.05) is 0 Å². The Bertz CT molecular complexity index is 894. The molecule has 3 rings (SSSR count). The van der Waals surface area contributed by atoms with Crippen LogP contribution < -0.4 is 10.9 Å². The number of amides is 1. The fourth-order valence-electron chi connectivity index (χ4n) is 3.15. The van der Waals surface area contributed by atoms with E-state index in [9.17, 15) is 9.59 Å². The average molecular weight is 346 g/mol. The van der Waals surface area contributed by atoms with Crippen LogP contribution >= 0.6 is 0 Å². The summed E-state index contributed by atoms with van der Waals surface area (Å²) in [5, 5.41) is 3.05. The number of carbonyl (C=O) groups is 1. The highest BCUT2D eigenvalue weighted by molar-refractivity contribution is 5.94. The zero-order chi connectivity index (χ0) is 18.5. The summed E-state index contributed by atoms with van der Waals surface area (Å²) in [7, 11) is 1.66. The first-order chi connectivity index (χ1) is 12.6. The molecule has 0 radical (unpaired) electrons. The van der Waals surface area contributed by atoms with Gasteiger partial charge in [-0.1, -0.05) is 60.7 Å². The minimum atomic E-state index is -0.243. The van der Waals surface area contributed by atoms with Crippen LogP contribution in [0.2, 0.25) is 0 Å². The summed E-state index contributed by atoms with van der Waals surface area (Å²) in [4.78, 5) is 24.4. The van der Waals surface area contributed by atoms with Gasteiger partial charge < -0.3 is 9.88 Å². The number of hydrogen-bond donors (Lipinski definition) is 1. The van der Waals surface area contributed by atoms with Crippen LogP contribution in [0, 0.1) is 0 Å². The van der Waals surface area contributed by atoms with Crippen molar-refractivity contribution in [2.24, 2.45) is 7.05 Å². The van der Waals surface area contributed by atoms with Gasteiger partial charge in [0, 0.05) is 36.8 Å². The summed E-state index contributed by atoms with van der Waals surface area (Å²) in [6.07, 6.45) is 1.60. The molecular formula is C22H22N2O2. The summed E-state index contributed by atoms with van der Waals surface area (Å²) in [6, 6.07) is 23.1. The van der Waals surface area contributed by atoms with Crippen LogP contribution in [-0.2, 0) is 7.05 Å². The predicted octanol–water partition coefficient (Wildman–Crippen LogP) is 3.34. The van der Waals surface area contributed by atoms with Crippen LogP contribution in [-0.4, -0.2) is 16.5 Å². The van der Waals surface area contributed by atoms with Gasteiger partial charge >= 0.3 is 0 Å². The molecular weight excluding hydrogens is 324 g/mol. The Labute approximate surface area is 153 Å². The maximum absolute atomic E-state index is 12.6. The van der Waals surface area contributed by atoms with Crippen LogP contribution in [0.4, 0.5) is 0 Å². The molecule has 4 nitrogen and oxygen atoms in total. The first-order valence-electron chi connectivity index (χ1n) is 8.63. The smallest absolute Gasteiger partial charge is 0.251 e. The van der Waals surface area contributed by atoms with Gasteiger partial charge in [-0.05, 0) is 24.1 Å². The molecule has 0 spiro atoms. The van der Waals surface area contributed by atoms with Crippen molar-refractivity contribution in [1.82, 2.24) is 9.88 Å². The maximum atomic E-state index is 12.6. The van der Waals surface area contributed by atoms with E-state index in [1.165, 1.54) is 10.6 Å². The Kier molecular flexibility index (Phi) is 5.32. The van der Waals surface area contributed by atoms with Crippen molar-refractivity contribution in [3.8, 4) is 0 Å². The first-order valence-corrected chi connectivity index (χ1v) is 8.63. The van der Waals surface area contributed by atoms with Crippen LogP contribution in [0.1, 0.15) is 34.3 Å². The van der Waals surface area contributed by atoms with Crippen LogP contribution in [0.5, 0.6) is 0 Å². The van der Waals surface area contributed by atoms with Crippen molar-refractivity contribution in [3.05, 3.63) is 106 Å². The molecule has 0 unspecified atom stereocenters. The molecule has 0 fully saturated rings. The molecule has 2 aromatic carbocycles. The van der Waals surface area contributed by atoms with Gasteiger partial charge in [-0.15, -0.1) is 0 Å². The van der Waals surface area contributed by atoms with E-state index >= 15 is 0 Å².